The number of amides is 1. The normalized spacial score (nSPS) is 14.6. The molecule has 0 saturated carbocycles. The van der Waals surface area contributed by atoms with Crippen molar-refractivity contribution in [1.82, 2.24) is 5.32 Å². The molecule has 94 valence electrons. The lowest BCUT2D eigenvalue weighted by Crippen LogP contribution is -2.60. The first-order valence-electron chi connectivity index (χ1n) is 5.63. The van der Waals surface area contributed by atoms with Gasteiger partial charge in [0.2, 0.25) is 5.91 Å². The number of carboxylic acid groups (broad SMARTS) is 1. The SMILES string of the molecule is CC(C)C[C@@H](CC(=O)[O-])NC(=O)C[C@H](C)[NH3+]. The van der Waals surface area contributed by atoms with E-state index in [4.69, 9.17) is 0 Å². The zero-order valence-corrected chi connectivity index (χ0v) is 10.3. The van der Waals surface area contributed by atoms with Gasteiger partial charge in [-0.2, -0.15) is 0 Å². The maximum absolute atomic E-state index is 11.5. The van der Waals surface area contributed by atoms with E-state index in [9.17, 15) is 14.7 Å². The number of rotatable bonds is 7. The van der Waals surface area contributed by atoms with Crippen LogP contribution in [0.2, 0.25) is 0 Å². The summed E-state index contributed by atoms with van der Waals surface area (Å²) < 4.78 is 0. The molecule has 0 aromatic heterocycles. The fourth-order valence-electron chi connectivity index (χ4n) is 1.57. The lowest BCUT2D eigenvalue weighted by molar-refractivity contribution is -0.412. The first-order chi connectivity index (χ1) is 7.31. The molecule has 0 aromatic rings. The third kappa shape index (κ3) is 8.23. The summed E-state index contributed by atoms with van der Waals surface area (Å²) in [5, 5.41) is 13.2. The van der Waals surface area contributed by atoms with Gasteiger partial charge in [0.25, 0.3) is 0 Å². The summed E-state index contributed by atoms with van der Waals surface area (Å²) in [6, 6.07) is -0.307. The van der Waals surface area contributed by atoms with Crippen LogP contribution < -0.4 is 16.2 Å². The number of aliphatic carboxylic acids is 1. The smallest absolute Gasteiger partial charge is 0.226 e. The summed E-state index contributed by atoms with van der Waals surface area (Å²) >= 11 is 0. The minimum atomic E-state index is -1.13. The van der Waals surface area contributed by atoms with Gasteiger partial charge in [0, 0.05) is 18.4 Å². The van der Waals surface area contributed by atoms with Crippen LogP contribution >= 0.6 is 0 Å². The molecule has 2 atom stereocenters. The van der Waals surface area contributed by atoms with Gasteiger partial charge in [-0.3, -0.25) is 4.79 Å². The largest absolute Gasteiger partial charge is 0.550 e. The van der Waals surface area contributed by atoms with E-state index in [2.05, 4.69) is 11.1 Å². The highest BCUT2D eigenvalue weighted by atomic mass is 16.4. The molecule has 0 aromatic carbocycles. The fraction of sp³-hybridized carbons (Fsp3) is 0.818. The van der Waals surface area contributed by atoms with Crippen molar-refractivity contribution in [2.45, 2.75) is 52.1 Å². The van der Waals surface area contributed by atoms with Crippen LogP contribution in [0.4, 0.5) is 0 Å². The molecule has 16 heavy (non-hydrogen) atoms. The second-order valence-electron chi connectivity index (χ2n) is 4.78. The predicted molar refractivity (Wildman–Crippen MR) is 58.0 cm³/mol. The van der Waals surface area contributed by atoms with Gasteiger partial charge >= 0.3 is 0 Å². The molecule has 0 spiro atoms. The topological polar surface area (TPSA) is 96.9 Å². The van der Waals surface area contributed by atoms with Crippen molar-refractivity contribution < 1.29 is 20.4 Å². The van der Waals surface area contributed by atoms with Crippen LogP contribution in [0.5, 0.6) is 0 Å². The van der Waals surface area contributed by atoms with E-state index in [-0.39, 0.29) is 24.4 Å². The number of nitrogens with one attached hydrogen (secondary N) is 1. The molecular formula is C11H22N2O3. The Labute approximate surface area is 96.4 Å². The summed E-state index contributed by atoms with van der Waals surface area (Å²) in [5.41, 5.74) is 3.72. The molecule has 0 unspecified atom stereocenters. The third-order valence-corrected chi connectivity index (χ3v) is 2.07. The molecule has 0 radical (unpaired) electrons. The Kier molecular flexibility index (Phi) is 6.72. The molecule has 0 heterocycles. The second-order valence-corrected chi connectivity index (χ2v) is 4.78. The van der Waals surface area contributed by atoms with E-state index in [1.165, 1.54) is 0 Å². The van der Waals surface area contributed by atoms with E-state index < -0.39 is 5.97 Å². The Balaban J connectivity index is 4.19. The lowest BCUT2D eigenvalue weighted by Gasteiger charge is -2.21. The number of carbonyl (C=O) groups excluding carboxylic acids is 2. The molecule has 1 amide bonds. The predicted octanol–water partition coefficient (Wildman–Crippen LogP) is -1.32. The van der Waals surface area contributed by atoms with Gasteiger partial charge in [0.1, 0.15) is 0 Å². The molecule has 0 rings (SSSR count). The molecule has 0 aliphatic heterocycles. The number of hydrogen-bond acceptors (Lipinski definition) is 3. The number of carboxylic acids is 1. The van der Waals surface area contributed by atoms with E-state index >= 15 is 0 Å². The molecule has 5 nitrogen and oxygen atoms in total. The zero-order valence-electron chi connectivity index (χ0n) is 10.3. The molecule has 0 saturated heterocycles. The fourth-order valence-corrected chi connectivity index (χ4v) is 1.57. The van der Waals surface area contributed by atoms with Crippen LogP contribution in [-0.4, -0.2) is 24.0 Å². The molecule has 0 fully saturated rings. The highest BCUT2D eigenvalue weighted by molar-refractivity contribution is 5.77. The number of hydrogen-bond donors (Lipinski definition) is 2. The minimum Gasteiger partial charge on any atom is -0.550 e. The molecule has 0 aliphatic carbocycles. The van der Waals surface area contributed by atoms with Gasteiger partial charge in [-0.15, -0.1) is 0 Å². The van der Waals surface area contributed by atoms with E-state index in [0.717, 1.165) is 0 Å². The Morgan fingerprint density at radius 3 is 2.19 bits per heavy atom. The summed E-state index contributed by atoms with van der Waals surface area (Å²) in [6.45, 7) is 5.81. The standard InChI is InChI=1S/C11H22N2O3/c1-7(2)4-9(6-11(15)16)13-10(14)5-8(3)12/h7-9H,4-6,12H2,1-3H3,(H,13,14)(H,15,16)/t8-,9-/m0/s1. The summed E-state index contributed by atoms with van der Waals surface area (Å²) in [5.74, 6) is -0.940. The summed E-state index contributed by atoms with van der Waals surface area (Å²) in [4.78, 5) is 22.0. The van der Waals surface area contributed by atoms with Crippen LogP contribution in [0.15, 0.2) is 0 Å². The van der Waals surface area contributed by atoms with Gasteiger partial charge in [-0.05, 0) is 19.3 Å². The molecule has 0 aliphatic rings. The highest BCUT2D eigenvalue weighted by Crippen LogP contribution is 2.07. The van der Waals surface area contributed by atoms with E-state index in [0.29, 0.717) is 18.8 Å². The Morgan fingerprint density at radius 1 is 1.25 bits per heavy atom. The first kappa shape index (κ1) is 14.9. The van der Waals surface area contributed by atoms with Crippen LogP contribution in [0.3, 0.4) is 0 Å². The van der Waals surface area contributed by atoms with Gasteiger partial charge in [0.05, 0.1) is 12.5 Å². The second kappa shape index (κ2) is 7.22. The van der Waals surface area contributed by atoms with Gasteiger partial charge in [-0.1, -0.05) is 13.8 Å². The van der Waals surface area contributed by atoms with Crippen molar-refractivity contribution >= 4 is 11.9 Å². The van der Waals surface area contributed by atoms with Crippen molar-refractivity contribution in [3.8, 4) is 0 Å². The van der Waals surface area contributed by atoms with Crippen molar-refractivity contribution in [1.29, 1.82) is 0 Å². The molecule has 5 heteroatoms. The van der Waals surface area contributed by atoms with Crippen LogP contribution in [-0.2, 0) is 9.59 Å². The van der Waals surface area contributed by atoms with Crippen molar-refractivity contribution in [2.75, 3.05) is 0 Å². The molecular weight excluding hydrogens is 208 g/mol. The Hall–Kier alpha value is -1.10. The maximum Gasteiger partial charge on any atom is 0.226 e. The van der Waals surface area contributed by atoms with E-state index in [1.807, 2.05) is 20.8 Å². The van der Waals surface area contributed by atoms with Crippen LogP contribution in [0, 0.1) is 5.92 Å². The maximum atomic E-state index is 11.5. The average Bonchev–Trinajstić information content (AvgIpc) is 1.97. The van der Waals surface area contributed by atoms with Gasteiger partial charge in [0.15, 0.2) is 0 Å². The Morgan fingerprint density at radius 2 is 1.81 bits per heavy atom. The molecule has 4 N–H and O–H groups in total. The minimum absolute atomic E-state index is 0.0302. The van der Waals surface area contributed by atoms with Crippen LogP contribution in [0.1, 0.15) is 40.0 Å². The summed E-state index contributed by atoms with van der Waals surface area (Å²) in [7, 11) is 0. The van der Waals surface area contributed by atoms with Crippen molar-refractivity contribution in [2.24, 2.45) is 5.92 Å². The third-order valence-electron chi connectivity index (χ3n) is 2.07. The van der Waals surface area contributed by atoms with Crippen molar-refractivity contribution in [3.05, 3.63) is 0 Å². The van der Waals surface area contributed by atoms with Crippen LogP contribution in [0.25, 0.3) is 0 Å². The highest BCUT2D eigenvalue weighted by Gasteiger charge is 2.15. The van der Waals surface area contributed by atoms with E-state index in [1.54, 1.807) is 0 Å². The van der Waals surface area contributed by atoms with Crippen molar-refractivity contribution in [3.63, 3.8) is 0 Å². The monoisotopic (exact) mass is 230 g/mol. The summed E-state index contributed by atoms with van der Waals surface area (Å²) in [6.07, 6.45) is 0.836. The lowest BCUT2D eigenvalue weighted by atomic mass is 10.0. The number of quaternary nitrogens is 1. The van der Waals surface area contributed by atoms with Gasteiger partial charge in [-0.25, -0.2) is 0 Å². The zero-order chi connectivity index (χ0) is 12.7. The molecule has 0 bridgehead atoms. The average molecular weight is 230 g/mol. The quantitative estimate of drug-likeness (QED) is 0.567. The van der Waals surface area contributed by atoms with Gasteiger partial charge < -0.3 is 21.0 Å². The Bertz CT molecular complexity index is 239. The number of carbonyl (C=O) groups is 2. The first-order valence-corrected chi connectivity index (χ1v) is 5.63.